The molecular weight excluding hydrogens is 490 g/mol. The van der Waals surface area contributed by atoms with Gasteiger partial charge in [-0.15, -0.1) is 10.2 Å². The van der Waals surface area contributed by atoms with Crippen LogP contribution in [0.25, 0.3) is 11.3 Å². The molecule has 2 aromatic heterocycles. The van der Waals surface area contributed by atoms with E-state index < -0.39 is 12.0 Å². The lowest BCUT2D eigenvalue weighted by molar-refractivity contribution is -0.171. The zero-order valence-electron chi connectivity index (χ0n) is 21.3. The number of likely N-dealkylation sites (tertiary alicyclic amines) is 1. The zero-order valence-corrected chi connectivity index (χ0v) is 21.3. The Balaban J connectivity index is 1.29. The molecule has 11 heteroatoms. The van der Waals surface area contributed by atoms with Crippen molar-refractivity contribution in [1.82, 2.24) is 25.1 Å². The molecule has 0 radical (unpaired) electrons. The standard InChI is InChI=1S/C27H30F2N8O/c1-18-10-13-35(22-16-21(33-34-26(22)30)20-6-3-4-7-23(20)38)14-15-37(18)25-9-11-31-24(32-25)8-5-12-36-17-27(28,29)19(36)2/h3-4,6-7,9,11,16,18-19,38H,10,12-15,17H2,1-2H3,(H2,30,34). The smallest absolute Gasteiger partial charge is 0.275 e. The fourth-order valence-electron chi connectivity index (χ4n) is 4.78. The SMILES string of the molecule is CC1CCN(c2cc(-c3ccccc3O)nnc2N)CCN1c1ccnc(C#CCN2CC(F)(F)C2C)n1. The van der Waals surface area contributed by atoms with E-state index in [1.165, 1.54) is 6.92 Å². The lowest BCUT2D eigenvalue weighted by atomic mass is 10.0. The van der Waals surface area contributed by atoms with E-state index in [-0.39, 0.29) is 24.9 Å². The van der Waals surface area contributed by atoms with E-state index in [0.717, 1.165) is 24.5 Å². The molecule has 2 atom stereocenters. The first-order valence-corrected chi connectivity index (χ1v) is 12.6. The number of nitrogens with zero attached hydrogens (tertiary/aromatic N) is 7. The highest BCUT2D eigenvalue weighted by molar-refractivity contribution is 5.74. The number of phenolic OH excluding ortho intramolecular Hbond substituents is 1. The van der Waals surface area contributed by atoms with Crippen molar-refractivity contribution in [3.8, 4) is 28.8 Å². The molecule has 2 unspecified atom stereocenters. The van der Waals surface area contributed by atoms with Crippen molar-refractivity contribution in [2.75, 3.05) is 48.3 Å². The van der Waals surface area contributed by atoms with Crippen LogP contribution >= 0.6 is 0 Å². The Morgan fingerprint density at radius 3 is 2.71 bits per heavy atom. The van der Waals surface area contributed by atoms with Gasteiger partial charge in [0.25, 0.3) is 5.92 Å². The van der Waals surface area contributed by atoms with E-state index in [1.54, 1.807) is 29.3 Å². The number of nitrogens with two attached hydrogens (primary N) is 1. The maximum Gasteiger partial charge on any atom is 0.275 e. The van der Waals surface area contributed by atoms with Gasteiger partial charge >= 0.3 is 0 Å². The number of hydrogen-bond donors (Lipinski definition) is 2. The third kappa shape index (κ3) is 5.17. The Morgan fingerprint density at radius 1 is 1.13 bits per heavy atom. The second kappa shape index (κ2) is 10.4. The van der Waals surface area contributed by atoms with Crippen LogP contribution in [0.15, 0.2) is 42.6 Å². The summed E-state index contributed by atoms with van der Waals surface area (Å²) < 4.78 is 26.8. The van der Waals surface area contributed by atoms with Gasteiger partial charge in [0.15, 0.2) is 5.82 Å². The second-order valence-electron chi connectivity index (χ2n) is 9.72. The molecule has 1 aromatic carbocycles. The molecule has 2 saturated heterocycles. The number of anilines is 3. The van der Waals surface area contributed by atoms with Crippen LogP contribution in [0.5, 0.6) is 5.75 Å². The largest absolute Gasteiger partial charge is 0.507 e. The molecule has 2 fully saturated rings. The van der Waals surface area contributed by atoms with Gasteiger partial charge in [-0.05, 0) is 50.5 Å². The van der Waals surface area contributed by atoms with E-state index in [2.05, 4.69) is 48.7 Å². The molecule has 0 amide bonds. The summed E-state index contributed by atoms with van der Waals surface area (Å²) in [6.07, 6.45) is 2.52. The fraction of sp³-hybridized carbons (Fsp3) is 0.407. The van der Waals surface area contributed by atoms with E-state index in [1.807, 2.05) is 18.2 Å². The molecule has 2 aliphatic rings. The summed E-state index contributed by atoms with van der Waals surface area (Å²) in [5.74, 6) is 4.80. The van der Waals surface area contributed by atoms with Crippen LogP contribution in [0.1, 0.15) is 26.1 Å². The first kappa shape index (κ1) is 25.6. The minimum atomic E-state index is -2.64. The van der Waals surface area contributed by atoms with E-state index in [4.69, 9.17) is 5.73 Å². The van der Waals surface area contributed by atoms with E-state index in [0.29, 0.717) is 36.0 Å². The lowest BCUT2D eigenvalue weighted by Crippen LogP contribution is -2.63. The number of phenols is 1. The minimum Gasteiger partial charge on any atom is -0.507 e. The fourth-order valence-corrected chi connectivity index (χ4v) is 4.78. The molecule has 38 heavy (non-hydrogen) atoms. The predicted molar refractivity (Wildman–Crippen MR) is 142 cm³/mol. The second-order valence-corrected chi connectivity index (χ2v) is 9.72. The number of halogens is 2. The zero-order chi connectivity index (χ0) is 26.9. The van der Waals surface area contributed by atoms with E-state index >= 15 is 0 Å². The normalized spacial score (nSPS) is 21.3. The molecule has 0 aliphatic carbocycles. The monoisotopic (exact) mass is 520 g/mol. The van der Waals surface area contributed by atoms with Crippen LogP contribution in [-0.4, -0.2) is 80.9 Å². The average Bonchev–Trinajstić information content (AvgIpc) is 3.10. The molecule has 3 aromatic rings. The van der Waals surface area contributed by atoms with Gasteiger partial charge in [0, 0.05) is 37.4 Å². The molecule has 9 nitrogen and oxygen atoms in total. The highest BCUT2D eigenvalue weighted by Crippen LogP contribution is 2.34. The van der Waals surface area contributed by atoms with Crippen LogP contribution in [0.4, 0.5) is 26.1 Å². The molecule has 3 N–H and O–H groups in total. The third-order valence-electron chi connectivity index (χ3n) is 7.27. The highest BCUT2D eigenvalue weighted by Gasteiger charge is 2.51. The number of hydrogen-bond acceptors (Lipinski definition) is 9. The predicted octanol–water partition coefficient (Wildman–Crippen LogP) is 3.02. The number of nitrogen functional groups attached to an aromatic ring is 1. The molecule has 2 aliphatic heterocycles. The average molecular weight is 521 g/mol. The summed E-state index contributed by atoms with van der Waals surface area (Å²) in [6.45, 7) is 5.74. The summed E-state index contributed by atoms with van der Waals surface area (Å²) in [5, 5.41) is 18.6. The van der Waals surface area contributed by atoms with Gasteiger partial charge in [-0.3, -0.25) is 4.90 Å². The quantitative estimate of drug-likeness (QED) is 0.502. The molecule has 5 rings (SSSR count). The van der Waals surface area contributed by atoms with Gasteiger partial charge < -0.3 is 20.6 Å². The Hall–Kier alpha value is -4.04. The Bertz CT molecular complexity index is 1370. The van der Waals surface area contributed by atoms with Crippen molar-refractivity contribution >= 4 is 17.3 Å². The van der Waals surface area contributed by atoms with Crippen LogP contribution < -0.4 is 15.5 Å². The lowest BCUT2D eigenvalue weighted by Gasteiger charge is -2.44. The number of rotatable bonds is 4. The molecule has 0 spiro atoms. The van der Waals surface area contributed by atoms with Gasteiger partial charge in [0.1, 0.15) is 11.6 Å². The van der Waals surface area contributed by atoms with Gasteiger partial charge in [-0.1, -0.05) is 18.1 Å². The Morgan fingerprint density at radius 2 is 1.95 bits per heavy atom. The van der Waals surface area contributed by atoms with Gasteiger partial charge in [-0.2, -0.15) is 0 Å². The molecule has 0 bridgehead atoms. The number of aromatic hydroxyl groups is 1. The summed E-state index contributed by atoms with van der Waals surface area (Å²) >= 11 is 0. The number of benzene rings is 1. The number of para-hydroxylation sites is 1. The van der Waals surface area contributed by atoms with Crippen molar-refractivity contribution in [2.24, 2.45) is 0 Å². The third-order valence-corrected chi connectivity index (χ3v) is 7.27. The van der Waals surface area contributed by atoms with Crippen molar-refractivity contribution in [2.45, 2.75) is 38.3 Å². The van der Waals surface area contributed by atoms with Crippen LogP contribution in [-0.2, 0) is 0 Å². The van der Waals surface area contributed by atoms with Crippen molar-refractivity contribution in [3.63, 3.8) is 0 Å². The van der Waals surface area contributed by atoms with Gasteiger partial charge in [0.05, 0.1) is 30.5 Å². The Kier molecular flexibility index (Phi) is 6.99. The van der Waals surface area contributed by atoms with Crippen molar-refractivity contribution < 1.29 is 13.9 Å². The summed E-state index contributed by atoms with van der Waals surface area (Å²) in [6, 6.07) is 10.1. The van der Waals surface area contributed by atoms with Crippen molar-refractivity contribution in [3.05, 3.63) is 48.4 Å². The highest BCUT2D eigenvalue weighted by atomic mass is 19.3. The summed E-state index contributed by atoms with van der Waals surface area (Å²) in [5.41, 5.74) is 8.14. The van der Waals surface area contributed by atoms with Gasteiger partial charge in [0.2, 0.25) is 5.82 Å². The molecule has 4 heterocycles. The summed E-state index contributed by atoms with van der Waals surface area (Å²) in [4.78, 5) is 14.9. The van der Waals surface area contributed by atoms with Gasteiger partial charge in [-0.25, -0.2) is 18.7 Å². The summed E-state index contributed by atoms with van der Waals surface area (Å²) in [7, 11) is 0. The van der Waals surface area contributed by atoms with E-state index in [9.17, 15) is 13.9 Å². The first-order valence-electron chi connectivity index (χ1n) is 12.6. The number of aromatic nitrogens is 4. The maximum atomic E-state index is 13.4. The van der Waals surface area contributed by atoms with Crippen LogP contribution in [0.3, 0.4) is 0 Å². The molecule has 0 saturated carbocycles. The van der Waals surface area contributed by atoms with Crippen LogP contribution in [0, 0.1) is 11.8 Å². The molecule has 198 valence electrons. The topological polar surface area (TPSA) is 108 Å². The van der Waals surface area contributed by atoms with Crippen molar-refractivity contribution in [1.29, 1.82) is 0 Å². The number of alkyl halides is 2. The Labute approximate surface area is 220 Å². The molecular formula is C27H30F2N8O. The maximum absolute atomic E-state index is 13.4. The minimum absolute atomic E-state index is 0.133. The van der Waals surface area contributed by atoms with Crippen LogP contribution in [0.2, 0.25) is 0 Å². The first-order chi connectivity index (χ1) is 18.2.